The zero-order valence-electron chi connectivity index (χ0n) is 14.3. The lowest BCUT2D eigenvalue weighted by molar-refractivity contribution is 0.0951. The van der Waals surface area contributed by atoms with Crippen molar-refractivity contribution < 1.29 is 13.6 Å². The van der Waals surface area contributed by atoms with Gasteiger partial charge < -0.3 is 14.6 Å². The van der Waals surface area contributed by atoms with Crippen molar-refractivity contribution in [1.82, 2.24) is 20.3 Å². The lowest BCUT2D eigenvalue weighted by atomic mass is 10.0. The van der Waals surface area contributed by atoms with Crippen molar-refractivity contribution in [2.45, 2.75) is 31.5 Å². The van der Waals surface area contributed by atoms with Gasteiger partial charge in [-0.2, -0.15) is 0 Å². The maximum absolute atomic E-state index is 13.2. The Balaban J connectivity index is 1.52. The summed E-state index contributed by atoms with van der Waals surface area (Å²) in [6.07, 6.45) is 7.37. The quantitative estimate of drug-likeness (QED) is 0.765. The molecule has 3 aromatic rings. The van der Waals surface area contributed by atoms with E-state index in [4.69, 9.17) is 4.42 Å². The highest BCUT2D eigenvalue weighted by atomic mass is 19.1. The van der Waals surface area contributed by atoms with Gasteiger partial charge in [0.05, 0.1) is 18.6 Å². The summed E-state index contributed by atoms with van der Waals surface area (Å²) < 4.78 is 18.8. The average molecular weight is 365 g/mol. The van der Waals surface area contributed by atoms with Crippen LogP contribution in [0.25, 0.3) is 0 Å². The number of anilines is 1. The number of benzene rings is 1. The molecule has 1 aliphatic carbocycles. The van der Waals surface area contributed by atoms with Crippen LogP contribution in [-0.2, 0) is 6.54 Å². The van der Waals surface area contributed by atoms with E-state index < -0.39 is 5.82 Å². The van der Waals surface area contributed by atoms with Crippen LogP contribution in [0.4, 0.5) is 10.3 Å². The van der Waals surface area contributed by atoms with Crippen molar-refractivity contribution in [1.29, 1.82) is 0 Å². The number of nitrogens with one attached hydrogen (secondary N) is 1. The van der Waals surface area contributed by atoms with E-state index in [1.165, 1.54) is 6.39 Å². The van der Waals surface area contributed by atoms with Crippen molar-refractivity contribution in [3.63, 3.8) is 0 Å². The van der Waals surface area contributed by atoms with E-state index in [0.29, 0.717) is 29.9 Å². The number of halogens is 1. The summed E-state index contributed by atoms with van der Waals surface area (Å²) in [6.45, 7) is 0.483. The average Bonchev–Trinajstić information content (AvgIpc) is 3.18. The number of oxazole rings is 1. The predicted molar refractivity (Wildman–Crippen MR) is 93.4 cm³/mol. The smallest absolute Gasteiger partial charge is 0.251 e. The molecule has 1 amide bonds. The molecule has 2 aromatic heterocycles. The van der Waals surface area contributed by atoms with Crippen LogP contribution < -0.4 is 10.2 Å². The van der Waals surface area contributed by atoms with Gasteiger partial charge in [0.2, 0.25) is 5.95 Å². The van der Waals surface area contributed by atoms with E-state index in [0.717, 1.165) is 36.4 Å². The normalized spacial score (nSPS) is 18.4. The summed E-state index contributed by atoms with van der Waals surface area (Å²) in [6, 6.07) is 5.65. The zero-order valence-corrected chi connectivity index (χ0v) is 14.3. The third-order valence-electron chi connectivity index (χ3n) is 4.85. The molecule has 5 rings (SSSR count). The molecule has 0 spiro atoms. The fourth-order valence-electron chi connectivity index (χ4n) is 3.40. The third-order valence-corrected chi connectivity index (χ3v) is 4.85. The van der Waals surface area contributed by atoms with Gasteiger partial charge in [-0.15, -0.1) is 0 Å². The summed E-state index contributed by atoms with van der Waals surface area (Å²) in [7, 11) is 0. The van der Waals surface area contributed by atoms with E-state index >= 15 is 0 Å². The van der Waals surface area contributed by atoms with E-state index in [9.17, 15) is 9.18 Å². The SMILES string of the molecule is O=C(NC1CC1)c1ccc2c(c1)CN(c1ncc(F)cn1)[C@H]2c1cnco1. The molecule has 0 radical (unpaired) electrons. The fraction of sp³-hybridized carbons (Fsp3) is 0.263. The van der Waals surface area contributed by atoms with Gasteiger partial charge in [-0.1, -0.05) is 6.07 Å². The molecule has 0 unspecified atom stereocenters. The molecule has 7 nitrogen and oxygen atoms in total. The minimum absolute atomic E-state index is 0.0620. The largest absolute Gasteiger partial charge is 0.446 e. The Bertz CT molecular complexity index is 986. The summed E-state index contributed by atoms with van der Waals surface area (Å²) in [5.74, 6) is 0.466. The number of rotatable bonds is 4. The first-order valence-corrected chi connectivity index (χ1v) is 8.75. The van der Waals surface area contributed by atoms with Gasteiger partial charge in [0.15, 0.2) is 18.0 Å². The number of carbonyl (C=O) groups excluding carboxylic acids is 1. The number of amides is 1. The van der Waals surface area contributed by atoms with Gasteiger partial charge in [0.1, 0.15) is 6.04 Å². The number of hydrogen-bond donors (Lipinski definition) is 1. The lowest BCUT2D eigenvalue weighted by Gasteiger charge is -2.23. The topological polar surface area (TPSA) is 84.2 Å². The second-order valence-electron chi connectivity index (χ2n) is 6.80. The Hall–Kier alpha value is -3.29. The number of aromatic nitrogens is 3. The van der Waals surface area contributed by atoms with Crippen molar-refractivity contribution in [3.8, 4) is 0 Å². The molecule has 27 heavy (non-hydrogen) atoms. The Kier molecular flexibility index (Phi) is 3.63. The maximum atomic E-state index is 13.2. The minimum atomic E-state index is -0.495. The molecule has 1 fully saturated rings. The van der Waals surface area contributed by atoms with Gasteiger partial charge in [-0.05, 0) is 36.1 Å². The molecule has 1 atom stereocenters. The van der Waals surface area contributed by atoms with Gasteiger partial charge in [0.25, 0.3) is 5.91 Å². The second kappa shape index (κ2) is 6.15. The number of fused-ring (bicyclic) bond motifs is 1. The highest BCUT2D eigenvalue weighted by Gasteiger charge is 2.36. The summed E-state index contributed by atoms with van der Waals surface area (Å²) in [5.41, 5.74) is 2.59. The summed E-state index contributed by atoms with van der Waals surface area (Å²) in [5, 5.41) is 3.00. The molecule has 8 heteroatoms. The van der Waals surface area contributed by atoms with E-state index in [-0.39, 0.29) is 11.9 Å². The van der Waals surface area contributed by atoms with E-state index in [1.807, 2.05) is 23.1 Å². The maximum Gasteiger partial charge on any atom is 0.251 e. The molecule has 0 bridgehead atoms. The standard InChI is InChI=1S/C19H16FN5O2/c20-13-6-22-19(23-7-13)25-9-12-5-11(18(26)24-14-2-3-14)1-4-15(12)17(25)16-8-21-10-27-16/h1,4-8,10,14,17H,2-3,9H2,(H,24,26)/t17-/m1/s1. The van der Waals surface area contributed by atoms with E-state index in [2.05, 4.69) is 20.3 Å². The second-order valence-corrected chi connectivity index (χ2v) is 6.80. The van der Waals surface area contributed by atoms with Crippen LogP contribution in [-0.4, -0.2) is 26.9 Å². The Morgan fingerprint density at radius 1 is 1.22 bits per heavy atom. The fourth-order valence-corrected chi connectivity index (χ4v) is 3.40. The van der Waals surface area contributed by atoms with Gasteiger partial charge in [-0.25, -0.2) is 19.3 Å². The first kappa shape index (κ1) is 15.9. The first-order chi connectivity index (χ1) is 13.2. The van der Waals surface area contributed by atoms with Gasteiger partial charge >= 0.3 is 0 Å². The molecule has 1 aromatic carbocycles. The van der Waals surface area contributed by atoms with Crippen molar-refractivity contribution in [2.24, 2.45) is 0 Å². The lowest BCUT2D eigenvalue weighted by Crippen LogP contribution is -2.25. The third kappa shape index (κ3) is 2.92. The number of hydrogen-bond acceptors (Lipinski definition) is 6. The molecule has 1 N–H and O–H groups in total. The minimum Gasteiger partial charge on any atom is -0.446 e. The van der Waals surface area contributed by atoms with Crippen molar-refractivity contribution in [2.75, 3.05) is 4.90 Å². The highest BCUT2D eigenvalue weighted by molar-refractivity contribution is 5.95. The van der Waals surface area contributed by atoms with Crippen LogP contribution in [0.15, 0.2) is 47.6 Å². The summed E-state index contributed by atoms with van der Waals surface area (Å²) in [4.78, 5) is 26.5. The molecule has 3 heterocycles. The molecule has 1 aliphatic heterocycles. The predicted octanol–water partition coefficient (Wildman–Crippen LogP) is 2.61. The molecule has 136 valence electrons. The first-order valence-electron chi connectivity index (χ1n) is 8.75. The molecular weight excluding hydrogens is 349 g/mol. The molecule has 2 aliphatic rings. The van der Waals surface area contributed by atoms with Crippen molar-refractivity contribution >= 4 is 11.9 Å². The zero-order chi connectivity index (χ0) is 18.4. The number of carbonyl (C=O) groups is 1. The highest BCUT2D eigenvalue weighted by Crippen LogP contribution is 2.40. The molecule has 0 saturated heterocycles. The van der Waals surface area contributed by atoms with Crippen LogP contribution in [0.3, 0.4) is 0 Å². The van der Waals surface area contributed by atoms with Gasteiger partial charge in [-0.3, -0.25) is 4.79 Å². The summed E-state index contributed by atoms with van der Waals surface area (Å²) >= 11 is 0. The molecule has 1 saturated carbocycles. The molecular formula is C19H16FN5O2. The number of nitrogens with zero attached hydrogens (tertiary/aromatic N) is 4. The van der Waals surface area contributed by atoms with Crippen LogP contribution >= 0.6 is 0 Å². The monoisotopic (exact) mass is 365 g/mol. The van der Waals surface area contributed by atoms with Crippen molar-refractivity contribution in [3.05, 3.63) is 71.5 Å². The van der Waals surface area contributed by atoms with Crippen LogP contribution in [0.2, 0.25) is 0 Å². The van der Waals surface area contributed by atoms with Crippen LogP contribution in [0.5, 0.6) is 0 Å². The Morgan fingerprint density at radius 3 is 2.74 bits per heavy atom. The Labute approximate surface area is 154 Å². The Morgan fingerprint density at radius 2 is 2.04 bits per heavy atom. The van der Waals surface area contributed by atoms with Gasteiger partial charge in [0, 0.05) is 18.2 Å². The van der Waals surface area contributed by atoms with Crippen LogP contribution in [0, 0.1) is 5.82 Å². The van der Waals surface area contributed by atoms with Crippen LogP contribution in [0.1, 0.15) is 46.1 Å². The van der Waals surface area contributed by atoms with E-state index in [1.54, 1.807) is 6.20 Å².